The van der Waals surface area contributed by atoms with Gasteiger partial charge in [-0.2, -0.15) is 0 Å². The first-order valence-corrected chi connectivity index (χ1v) is 12.4. The number of hydrogen-bond acceptors (Lipinski definition) is 6. The Balaban J connectivity index is 1.02. The predicted octanol–water partition coefficient (Wildman–Crippen LogP) is 3.58. The Bertz CT molecular complexity index is 1280. The van der Waals surface area contributed by atoms with Gasteiger partial charge in [0.05, 0.1) is 18.7 Å². The van der Waals surface area contributed by atoms with Crippen molar-refractivity contribution in [3.05, 3.63) is 75.7 Å². The number of fused-ring (bicyclic) bond motifs is 4. The van der Waals surface area contributed by atoms with Gasteiger partial charge in [0.25, 0.3) is 5.91 Å². The van der Waals surface area contributed by atoms with Crippen LogP contribution in [-0.2, 0) is 16.1 Å². The van der Waals surface area contributed by atoms with E-state index in [2.05, 4.69) is 34.6 Å². The molecule has 2 aliphatic carbocycles. The van der Waals surface area contributed by atoms with Crippen molar-refractivity contribution >= 4 is 29.3 Å². The van der Waals surface area contributed by atoms with E-state index in [0.29, 0.717) is 23.0 Å². The molecule has 178 valence electrons. The molecular formula is C26H23N3O5S. The summed E-state index contributed by atoms with van der Waals surface area (Å²) in [5.74, 6) is -1.09. The summed E-state index contributed by atoms with van der Waals surface area (Å²) in [6.45, 7) is 1.36. The van der Waals surface area contributed by atoms with E-state index in [1.54, 1.807) is 4.90 Å². The Kier molecular flexibility index (Phi) is 5.29. The van der Waals surface area contributed by atoms with Crippen LogP contribution in [0.5, 0.6) is 0 Å². The lowest BCUT2D eigenvalue weighted by Gasteiger charge is -2.17. The molecule has 2 aromatic carbocycles. The van der Waals surface area contributed by atoms with E-state index >= 15 is 0 Å². The van der Waals surface area contributed by atoms with Gasteiger partial charge in [0.2, 0.25) is 0 Å². The van der Waals surface area contributed by atoms with Crippen LogP contribution in [-0.4, -0.2) is 52.7 Å². The van der Waals surface area contributed by atoms with Crippen LogP contribution in [0.1, 0.15) is 31.7 Å². The normalized spacial score (nSPS) is 21.7. The van der Waals surface area contributed by atoms with Crippen LogP contribution in [0.2, 0.25) is 0 Å². The highest BCUT2D eigenvalue weighted by atomic mass is 32.1. The number of ether oxygens (including phenoxy) is 1. The molecule has 0 radical (unpaired) electrons. The summed E-state index contributed by atoms with van der Waals surface area (Å²) < 4.78 is 5.55. The first-order valence-electron chi connectivity index (χ1n) is 11.6. The van der Waals surface area contributed by atoms with Gasteiger partial charge in [0, 0.05) is 19.0 Å². The van der Waals surface area contributed by atoms with Gasteiger partial charge in [-0.25, -0.2) is 9.78 Å². The molecule has 8 nitrogen and oxygen atoms in total. The van der Waals surface area contributed by atoms with E-state index in [0.717, 1.165) is 11.1 Å². The number of piperidine rings is 1. The number of nitrogens with zero attached hydrogens (tertiary/aromatic N) is 2. The van der Waals surface area contributed by atoms with Crippen molar-refractivity contribution in [2.75, 3.05) is 19.7 Å². The quantitative estimate of drug-likeness (QED) is 0.548. The minimum Gasteiger partial charge on any atom is -0.481 e. The van der Waals surface area contributed by atoms with E-state index in [-0.39, 0.29) is 42.7 Å². The summed E-state index contributed by atoms with van der Waals surface area (Å²) in [4.78, 5) is 42.7. The van der Waals surface area contributed by atoms with Crippen molar-refractivity contribution in [1.82, 2.24) is 15.2 Å². The van der Waals surface area contributed by atoms with Crippen molar-refractivity contribution in [3.63, 3.8) is 0 Å². The third-order valence-electron chi connectivity index (χ3n) is 7.26. The first-order chi connectivity index (χ1) is 17.0. The lowest BCUT2D eigenvalue weighted by Crippen LogP contribution is -2.32. The lowest BCUT2D eigenvalue weighted by atomic mass is 9.98. The average Bonchev–Trinajstić information content (AvgIpc) is 3.23. The van der Waals surface area contributed by atoms with Crippen molar-refractivity contribution in [3.8, 4) is 11.1 Å². The van der Waals surface area contributed by atoms with E-state index in [9.17, 15) is 14.4 Å². The highest BCUT2D eigenvalue weighted by Gasteiger charge is 2.60. The molecule has 2 fully saturated rings. The molecule has 2 N–H and O–H groups in total. The van der Waals surface area contributed by atoms with Crippen LogP contribution >= 0.6 is 11.3 Å². The van der Waals surface area contributed by atoms with Crippen LogP contribution < -0.4 is 5.32 Å². The van der Waals surface area contributed by atoms with Gasteiger partial charge in [-0.3, -0.25) is 9.59 Å². The summed E-state index contributed by atoms with van der Waals surface area (Å²) >= 11 is 1.23. The maximum atomic E-state index is 12.7. The number of rotatable bonds is 6. The molecule has 6 rings (SSSR count). The van der Waals surface area contributed by atoms with E-state index < -0.39 is 12.1 Å². The fourth-order valence-electron chi connectivity index (χ4n) is 5.50. The van der Waals surface area contributed by atoms with Crippen LogP contribution in [0, 0.1) is 17.8 Å². The molecule has 1 saturated carbocycles. The first kappa shape index (κ1) is 21.8. The zero-order chi connectivity index (χ0) is 24.1. The molecule has 9 heteroatoms. The molecule has 35 heavy (non-hydrogen) atoms. The molecule has 2 atom stereocenters. The maximum Gasteiger partial charge on any atom is 0.407 e. The third kappa shape index (κ3) is 3.85. The number of benzene rings is 2. The molecule has 1 saturated heterocycles. The van der Waals surface area contributed by atoms with E-state index in [1.807, 2.05) is 24.3 Å². The van der Waals surface area contributed by atoms with Crippen LogP contribution in [0.15, 0.2) is 54.7 Å². The predicted molar refractivity (Wildman–Crippen MR) is 128 cm³/mol. The Morgan fingerprint density at radius 1 is 1.03 bits per heavy atom. The second-order valence-corrected chi connectivity index (χ2v) is 10.3. The number of thiazole rings is 1. The SMILES string of the molecule is O=C(NCc1ncc(C(=O)N2CC3C(C2)C3C(=O)O)s1)OCC1c2ccccc2-c2ccccc21. The van der Waals surface area contributed by atoms with Gasteiger partial charge >= 0.3 is 12.1 Å². The Labute approximate surface area is 205 Å². The van der Waals surface area contributed by atoms with Gasteiger partial charge in [-0.1, -0.05) is 48.5 Å². The number of carboxylic acid groups (broad SMARTS) is 1. The number of nitrogens with one attached hydrogen (secondary N) is 1. The number of aromatic nitrogens is 1. The summed E-state index contributed by atoms with van der Waals surface area (Å²) in [7, 11) is 0. The summed E-state index contributed by atoms with van der Waals surface area (Å²) in [6.07, 6.45) is 0.981. The highest BCUT2D eigenvalue weighted by Crippen LogP contribution is 2.52. The fourth-order valence-corrected chi connectivity index (χ4v) is 6.33. The van der Waals surface area contributed by atoms with Crippen molar-refractivity contribution in [2.24, 2.45) is 17.8 Å². The molecule has 2 heterocycles. The number of carbonyl (C=O) groups excluding carboxylic acids is 2. The molecule has 2 amide bonds. The number of hydrogen-bond donors (Lipinski definition) is 2. The minimum absolute atomic E-state index is 0.00960. The van der Waals surface area contributed by atoms with Crippen LogP contribution in [0.25, 0.3) is 11.1 Å². The Hall–Kier alpha value is -3.72. The van der Waals surface area contributed by atoms with Crippen LogP contribution in [0.4, 0.5) is 4.79 Å². The lowest BCUT2D eigenvalue weighted by molar-refractivity contribution is -0.139. The molecule has 1 aliphatic heterocycles. The highest BCUT2D eigenvalue weighted by molar-refractivity contribution is 7.13. The van der Waals surface area contributed by atoms with Gasteiger partial charge in [-0.05, 0) is 34.1 Å². The number of carbonyl (C=O) groups is 3. The zero-order valence-corrected chi connectivity index (χ0v) is 19.5. The number of alkyl carbamates (subject to hydrolysis) is 1. The number of aliphatic carboxylic acids is 1. The largest absolute Gasteiger partial charge is 0.481 e. The number of carboxylic acids is 1. The molecule has 3 aliphatic rings. The standard InChI is InChI=1S/C26H23N3O5S/c30-24(29-11-18-19(12-29)23(18)25(31)32)21-9-27-22(35-21)10-28-26(33)34-13-20-16-7-3-1-5-14(16)15-6-2-4-8-17(15)20/h1-9,18-20,23H,10-13H2,(H,28,33)(H,31,32). The Morgan fingerprint density at radius 3 is 2.29 bits per heavy atom. The fraction of sp³-hybridized carbons (Fsp3) is 0.308. The number of likely N-dealkylation sites (tertiary alicyclic amines) is 1. The van der Waals surface area contributed by atoms with Gasteiger partial charge in [0.15, 0.2) is 0 Å². The summed E-state index contributed by atoms with van der Waals surface area (Å²) in [5, 5.41) is 12.5. The van der Waals surface area contributed by atoms with Crippen molar-refractivity contribution in [2.45, 2.75) is 12.5 Å². The molecule has 0 bridgehead atoms. The topological polar surface area (TPSA) is 109 Å². The monoisotopic (exact) mass is 489 g/mol. The zero-order valence-electron chi connectivity index (χ0n) is 18.7. The van der Waals surface area contributed by atoms with E-state index in [4.69, 9.17) is 9.84 Å². The Morgan fingerprint density at radius 2 is 1.66 bits per heavy atom. The molecule has 2 unspecified atom stereocenters. The molecular weight excluding hydrogens is 466 g/mol. The van der Waals surface area contributed by atoms with E-state index in [1.165, 1.54) is 28.7 Å². The van der Waals surface area contributed by atoms with Gasteiger partial charge < -0.3 is 20.1 Å². The van der Waals surface area contributed by atoms with Crippen molar-refractivity contribution < 1.29 is 24.2 Å². The van der Waals surface area contributed by atoms with Crippen LogP contribution in [0.3, 0.4) is 0 Å². The average molecular weight is 490 g/mol. The smallest absolute Gasteiger partial charge is 0.407 e. The second-order valence-electron chi connectivity index (χ2n) is 9.20. The third-order valence-corrected chi connectivity index (χ3v) is 8.24. The van der Waals surface area contributed by atoms with Gasteiger partial charge in [-0.15, -0.1) is 11.3 Å². The molecule has 0 spiro atoms. The minimum atomic E-state index is -0.772. The maximum absolute atomic E-state index is 12.7. The molecule has 1 aromatic heterocycles. The summed E-state index contributed by atoms with van der Waals surface area (Å²) in [5.41, 5.74) is 4.65. The number of amides is 2. The summed E-state index contributed by atoms with van der Waals surface area (Å²) in [6, 6.07) is 16.3. The van der Waals surface area contributed by atoms with Crippen molar-refractivity contribution in [1.29, 1.82) is 0 Å². The second kappa shape index (κ2) is 8.49. The molecule has 3 aromatic rings. The van der Waals surface area contributed by atoms with Gasteiger partial charge in [0.1, 0.15) is 16.5 Å².